The van der Waals surface area contributed by atoms with Gasteiger partial charge in [0.15, 0.2) is 5.78 Å². The van der Waals surface area contributed by atoms with Crippen LogP contribution >= 0.6 is 0 Å². The van der Waals surface area contributed by atoms with Gasteiger partial charge in [0.2, 0.25) is 5.91 Å². The Balaban J connectivity index is 1.47. The second-order valence-corrected chi connectivity index (χ2v) is 7.30. The molecule has 23 heavy (non-hydrogen) atoms. The number of rotatable bonds is 5. The lowest BCUT2D eigenvalue weighted by Crippen LogP contribution is -2.38. The molecule has 0 radical (unpaired) electrons. The fraction of sp³-hybridized carbons (Fsp3) is 0.600. The van der Waals surface area contributed by atoms with Crippen molar-refractivity contribution in [3.8, 4) is 0 Å². The zero-order chi connectivity index (χ0) is 16.2. The van der Waals surface area contributed by atoms with Gasteiger partial charge >= 0.3 is 0 Å². The summed E-state index contributed by atoms with van der Waals surface area (Å²) in [5.74, 6) is 0.813. The van der Waals surface area contributed by atoms with Crippen molar-refractivity contribution in [2.24, 2.45) is 5.92 Å². The van der Waals surface area contributed by atoms with Gasteiger partial charge in [-0.3, -0.25) is 9.59 Å². The van der Waals surface area contributed by atoms with Crippen LogP contribution in [0.2, 0.25) is 0 Å². The second-order valence-electron chi connectivity index (χ2n) is 7.30. The van der Waals surface area contributed by atoms with Crippen LogP contribution in [-0.2, 0) is 17.6 Å². The van der Waals surface area contributed by atoms with Crippen molar-refractivity contribution >= 4 is 11.7 Å². The molecule has 0 saturated heterocycles. The van der Waals surface area contributed by atoms with Gasteiger partial charge < -0.3 is 5.32 Å². The molecule has 1 fully saturated rings. The molecule has 0 bridgehead atoms. The molecule has 1 aromatic rings. The summed E-state index contributed by atoms with van der Waals surface area (Å²) in [5, 5.41) is 3.11. The van der Waals surface area contributed by atoms with Gasteiger partial charge in [-0.15, -0.1) is 0 Å². The molecule has 124 valence electrons. The largest absolute Gasteiger partial charge is 0.353 e. The number of carbonyl (C=O) groups excluding carboxylic acids is 2. The molecule has 3 nitrogen and oxygen atoms in total. The first-order valence-electron chi connectivity index (χ1n) is 9.06. The number of benzene rings is 1. The lowest BCUT2D eigenvalue weighted by Gasteiger charge is -2.27. The molecule has 0 aromatic heterocycles. The molecule has 1 amide bonds. The van der Waals surface area contributed by atoms with Crippen LogP contribution in [0.15, 0.2) is 18.2 Å². The van der Waals surface area contributed by atoms with Crippen molar-refractivity contribution in [2.45, 2.75) is 70.8 Å². The van der Waals surface area contributed by atoms with E-state index in [-0.39, 0.29) is 11.7 Å². The maximum atomic E-state index is 12.3. The Hall–Kier alpha value is -1.64. The number of fused-ring (bicyclic) bond motifs is 1. The Morgan fingerprint density at radius 2 is 1.91 bits per heavy atom. The summed E-state index contributed by atoms with van der Waals surface area (Å²) in [4.78, 5) is 24.4. The second kappa shape index (κ2) is 7.29. The highest BCUT2D eigenvalue weighted by Crippen LogP contribution is 2.24. The molecule has 0 heterocycles. The highest BCUT2D eigenvalue weighted by Gasteiger charge is 2.21. The Kier molecular flexibility index (Phi) is 5.14. The van der Waals surface area contributed by atoms with Crippen molar-refractivity contribution in [1.29, 1.82) is 0 Å². The molecule has 1 saturated carbocycles. The van der Waals surface area contributed by atoms with Gasteiger partial charge in [0.25, 0.3) is 0 Å². The van der Waals surface area contributed by atoms with E-state index in [0.29, 0.717) is 24.8 Å². The van der Waals surface area contributed by atoms with Gasteiger partial charge in [-0.05, 0) is 55.2 Å². The van der Waals surface area contributed by atoms with Crippen LogP contribution in [0.3, 0.4) is 0 Å². The molecule has 0 aliphatic heterocycles. The van der Waals surface area contributed by atoms with E-state index in [0.717, 1.165) is 31.2 Å². The third-order valence-corrected chi connectivity index (χ3v) is 5.30. The first kappa shape index (κ1) is 16.2. The van der Waals surface area contributed by atoms with Crippen molar-refractivity contribution < 1.29 is 9.59 Å². The number of amides is 1. The molecule has 3 heteroatoms. The molecule has 2 aliphatic carbocycles. The maximum Gasteiger partial charge on any atom is 0.220 e. The predicted molar refractivity (Wildman–Crippen MR) is 91.6 cm³/mol. The molecular weight excluding hydrogens is 286 g/mol. The predicted octanol–water partition coefficient (Wildman–Crippen LogP) is 3.83. The van der Waals surface area contributed by atoms with E-state index in [1.54, 1.807) is 0 Å². The summed E-state index contributed by atoms with van der Waals surface area (Å²) < 4.78 is 0. The van der Waals surface area contributed by atoms with E-state index in [1.807, 2.05) is 12.1 Å². The summed E-state index contributed by atoms with van der Waals surface area (Å²) in [6.07, 6.45) is 8.63. The van der Waals surface area contributed by atoms with E-state index in [9.17, 15) is 9.59 Å². The van der Waals surface area contributed by atoms with E-state index in [2.05, 4.69) is 18.3 Å². The van der Waals surface area contributed by atoms with E-state index in [4.69, 9.17) is 0 Å². The molecular formula is C20H27NO2. The zero-order valence-corrected chi connectivity index (χ0v) is 14.1. The minimum Gasteiger partial charge on any atom is -0.353 e. The van der Waals surface area contributed by atoms with Gasteiger partial charge in [0.05, 0.1) is 0 Å². The van der Waals surface area contributed by atoms with Crippen LogP contribution in [0.25, 0.3) is 0 Å². The van der Waals surface area contributed by atoms with Crippen molar-refractivity contribution in [3.63, 3.8) is 0 Å². The van der Waals surface area contributed by atoms with Crippen LogP contribution in [-0.4, -0.2) is 17.7 Å². The number of carbonyl (C=O) groups is 2. The van der Waals surface area contributed by atoms with E-state index in [1.165, 1.54) is 30.4 Å². The molecule has 1 aromatic carbocycles. The van der Waals surface area contributed by atoms with Crippen LogP contribution in [0.4, 0.5) is 0 Å². The molecule has 2 aliphatic rings. The Morgan fingerprint density at radius 1 is 1.09 bits per heavy atom. The van der Waals surface area contributed by atoms with E-state index >= 15 is 0 Å². The SMILES string of the molecule is CC1CCCC(NC(=O)CCC(=O)c2ccc3c(c2)CCC3)C1. The smallest absolute Gasteiger partial charge is 0.220 e. The third-order valence-electron chi connectivity index (χ3n) is 5.30. The normalized spacial score (nSPS) is 23.3. The highest BCUT2D eigenvalue weighted by molar-refractivity contribution is 5.98. The standard InChI is InChI=1S/C20H27NO2/c1-14-4-2-7-18(12-14)21-20(23)11-10-19(22)17-9-8-15-5-3-6-16(15)13-17/h8-9,13-14,18H,2-7,10-12H2,1H3,(H,21,23). The number of hydrogen-bond acceptors (Lipinski definition) is 2. The average molecular weight is 313 g/mol. The van der Waals surface area contributed by atoms with Gasteiger partial charge in [-0.25, -0.2) is 0 Å². The van der Waals surface area contributed by atoms with Gasteiger partial charge in [0, 0.05) is 24.4 Å². The average Bonchev–Trinajstić information content (AvgIpc) is 3.00. The summed E-state index contributed by atoms with van der Waals surface area (Å²) in [5.41, 5.74) is 3.46. The Labute approximate surface area is 138 Å². The number of aryl methyl sites for hydroxylation is 2. The topological polar surface area (TPSA) is 46.2 Å². The van der Waals surface area contributed by atoms with Crippen LogP contribution < -0.4 is 5.32 Å². The van der Waals surface area contributed by atoms with Gasteiger partial charge in [-0.2, -0.15) is 0 Å². The molecule has 2 atom stereocenters. The minimum absolute atomic E-state index is 0.0265. The third kappa shape index (κ3) is 4.21. The summed E-state index contributed by atoms with van der Waals surface area (Å²) >= 11 is 0. The lowest BCUT2D eigenvalue weighted by molar-refractivity contribution is -0.122. The summed E-state index contributed by atoms with van der Waals surface area (Å²) in [7, 11) is 0. The molecule has 3 rings (SSSR count). The highest BCUT2D eigenvalue weighted by atomic mass is 16.2. The fourth-order valence-corrected chi connectivity index (χ4v) is 3.98. The quantitative estimate of drug-likeness (QED) is 0.840. The monoisotopic (exact) mass is 313 g/mol. The fourth-order valence-electron chi connectivity index (χ4n) is 3.98. The zero-order valence-electron chi connectivity index (χ0n) is 14.1. The molecule has 2 unspecified atom stereocenters. The lowest BCUT2D eigenvalue weighted by atomic mass is 9.87. The first-order valence-corrected chi connectivity index (χ1v) is 9.06. The number of ketones is 1. The van der Waals surface area contributed by atoms with Gasteiger partial charge in [-0.1, -0.05) is 31.9 Å². The summed E-state index contributed by atoms with van der Waals surface area (Å²) in [6.45, 7) is 2.25. The minimum atomic E-state index is 0.0265. The number of hydrogen-bond donors (Lipinski definition) is 1. The maximum absolute atomic E-state index is 12.3. The molecule has 0 spiro atoms. The van der Waals surface area contributed by atoms with Crippen molar-refractivity contribution in [1.82, 2.24) is 5.32 Å². The van der Waals surface area contributed by atoms with Gasteiger partial charge in [0.1, 0.15) is 0 Å². The van der Waals surface area contributed by atoms with Crippen molar-refractivity contribution in [2.75, 3.05) is 0 Å². The Bertz CT molecular complexity index is 593. The molecule has 1 N–H and O–H groups in total. The van der Waals surface area contributed by atoms with E-state index < -0.39 is 0 Å². The Morgan fingerprint density at radius 3 is 2.74 bits per heavy atom. The van der Waals surface area contributed by atoms with Crippen molar-refractivity contribution in [3.05, 3.63) is 34.9 Å². The number of Topliss-reactive ketones (excluding diaryl/α,β-unsaturated/α-hetero) is 1. The van der Waals surface area contributed by atoms with Crippen LogP contribution in [0.5, 0.6) is 0 Å². The number of nitrogens with one attached hydrogen (secondary N) is 1. The first-order chi connectivity index (χ1) is 11.1. The summed E-state index contributed by atoms with van der Waals surface area (Å²) in [6, 6.07) is 6.35. The van der Waals surface area contributed by atoms with Crippen LogP contribution in [0, 0.1) is 5.92 Å². The van der Waals surface area contributed by atoms with Crippen LogP contribution in [0.1, 0.15) is 73.4 Å².